The summed E-state index contributed by atoms with van der Waals surface area (Å²) in [6.07, 6.45) is 10.2. The van der Waals surface area contributed by atoms with Crippen molar-refractivity contribution >= 4 is 39.9 Å². The van der Waals surface area contributed by atoms with Crippen molar-refractivity contribution in [2.24, 2.45) is 0 Å². The van der Waals surface area contributed by atoms with Crippen LogP contribution in [-0.4, -0.2) is 38.8 Å². The predicted molar refractivity (Wildman–Crippen MR) is 101 cm³/mol. The van der Waals surface area contributed by atoms with Gasteiger partial charge in [0.25, 0.3) is 0 Å². The smallest absolute Gasteiger partial charge is 0.246 e. The molecule has 0 radical (unpaired) electrons. The van der Waals surface area contributed by atoms with Gasteiger partial charge < -0.3 is 9.88 Å². The van der Waals surface area contributed by atoms with E-state index in [1.165, 1.54) is 11.1 Å². The molecule has 0 fully saturated rings. The average Bonchev–Trinajstić information content (AvgIpc) is 3.26. The Hall–Kier alpha value is -2.73. The van der Waals surface area contributed by atoms with Crippen molar-refractivity contribution in [3.8, 4) is 0 Å². The Morgan fingerprint density at radius 2 is 2.36 bits per heavy atom. The highest BCUT2D eigenvalue weighted by molar-refractivity contribution is 7.09. The van der Waals surface area contributed by atoms with Crippen LogP contribution < -0.4 is 0 Å². The van der Waals surface area contributed by atoms with Crippen LogP contribution in [0.3, 0.4) is 0 Å². The molecule has 1 aliphatic heterocycles. The van der Waals surface area contributed by atoms with E-state index in [1.807, 2.05) is 29.5 Å². The number of pyridine rings is 1. The van der Waals surface area contributed by atoms with Gasteiger partial charge >= 0.3 is 0 Å². The van der Waals surface area contributed by atoms with Crippen molar-refractivity contribution in [2.75, 3.05) is 13.1 Å². The summed E-state index contributed by atoms with van der Waals surface area (Å²) in [4.78, 5) is 26.1. The number of amides is 1. The van der Waals surface area contributed by atoms with Gasteiger partial charge in [-0.05, 0) is 37.1 Å². The standard InChI is InChI=1S/C19H18N4OS/c1-13-22-15(12-25-13)4-5-18(24)23-9-6-14(7-10-23)17-11-21-19-16(17)3-2-8-20-19/h2-6,8,11-12H,7,9-10H2,1H3,(H,20,21). The maximum Gasteiger partial charge on any atom is 0.246 e. The topological polar surface area (TPSA) is 61.9 Å². The third kappa shape index (κ3) is 3.25. The fourth-order valence-electron chi connectivity index (χ4n) is 3.05. The van der Waals surface area contributed by atoms with Crippen molar-refractivity contribution in [2.45, 2.75) is 13.3 Å². The maximum absolute atomic E-state index is 12.4. The molecular formula is C19H18N4OS. The van der Waals surface area contributed by atoms with Gasteiger partial charge in [-0.15, -0.1) is 11.3 Å². The molecule has 4 heterocycles. The largest absolute Gasteiger partial charge is 0.346 e. The van der Waals surface area contributed by atoms with Crippen molar-refractivity contribution in [1.29, 1.82) is 0 Å². The number of aryl methyl sites for hydroxylation is 1. The summed E-state index contributed by atoms with van der Waals surface area (Å²) < 4.78 is 0. The van der Waals surface area contributed by atoms with Crippen LogP contribution in [0.5, 0.6) is 0 Å². The van der Waals surface area contributed by atoms with Gasteiger partial charge in [-0.25, -0.2) is 9.97 Å². The Morgan fingerprint density at radius 3 is 3.12 bits per heavy atom. The van der Waals surface area contributed by atoms with Gasteiger partial charge in [0.05, 0.1) is 10.7 Å². The number of rotatable bonds is 3. The number of aromatic nitrogens is 3. The highest BCUT2D eigenvalue weighted by Gasteiger charge is 2.18. The molecule has 5 nitrogen and oxygen atoms in total. The van der Waals surface area contributed by atoms with Crippen molar-refractivity contribution in [3.63, 3.8) is 0 Å². The molecule has 6 heteroatoms. The lowest BCUT2D eigenvalue weighted by Gasteiger charge is -2.25. The maximum atomic E-state index is 12.4. The van der Waals surface area contributed by atoms with Crippen LogP contribution in [0.4, 0.5) is 0 Å². The first-order valence-electron chi connectivity index (χ1n) is 8.21. The van der Waals surface area contributed by atoms with Crippen molar-refractivity contribution < 1.29 is 4.79 Å². The third-order valence-corrected chi connectivity index (χ3v) is 5.14. The zero-order valence-electron chi connectivity index (χ0n) is 13.9. The lowest BCUT2D eigenvalue weighted by atomic mass is 9.99. The van der Waals surface area contributed by atoms with Crippen LogP contribution in [0.1, 0.15) is 22.7 Å². The van der Waals surface area contributed by atoms with E-state index < -0.39 is 0 Å². The van der Waals surface area contributed by atoms with E-state index in [0.717, 1.165) is 34.7 Å². The number of nitrogens with one attached hydrogen (secondary N) is 1. The first-order valence-corrected chi connectivity index (χ1v) is 9.09. The Bertz CT molecular complexity index is 982. The normalized spacial score (nSPS) is 15.1. The molecule has 0 unspecified atom stereocenters. The SMILES string of the molecule is Cc1nc(C=CC(=O)N2CC=C(c3c[nH]c4ncccc34)CC2)cs1. The summed E-state index contributed by atoms with van der Waals surface area (Å²) in [6.45, 7) is 3.31. The van der Waals surface area contributed by atoms with Crippen LogP contribution in [0, 0.1) is 6.92 Å². The van der Waals surface area contributed by atoms with E-state index in [2.05, 4.69) is 27.1 Å². The summed E-state index contributed by atoms with van der Waals surface area (Å²) in [5, 5.41) is 4.09. The number of nitrogens with zero attached hydrogens (tertiary/aromatic N) is 3. The number of aromatic amines is 1. The lowest BCUT2D eigenvalue weighted by Crippen LogP contribution is -2.33. The average molecular weight is 350 g/mol. The Labute approximate surface area is 149 Å². The summed E-state index contributed by atoms with van der Waals surface area (Å²) in [5.74, 6) is 0.0292. The molecule has 1 aliphatic rings. The molecule has 0 aromatic carbocycles. The second-order valence-electron chi connectivity index (χ2n) is 5.99. The summed E-state index contributed by atoms with van der Waals surface area (Å²) in [6, 6.07) is 4.02. The van der Waals surface area contributed by atoms with Crippen molar-refractivity contribution in [1.82, 2.24) is 19.9 Å². The third-order valence-electron chi connectivity index (χ3n) is 4.35. The quantitative estimate of drug-likeness (QED) is 0.733. The molecule has 0 bridgehead atoms. The summed E-state index contributed by atoms with van der Waals surface area (Å²) >= 11 is 1.59. The predicted octanol–water partition coefficient (Wildman–Crippen LogP) is 3.66. The van der Waals surface area contributed by atoms with Crippen LogP contribution in [-0.2, 0) is 4.79 Å². The minimum atomic E-state index is 0.0292. The molecular weight excluding hydrogens is 332 g/mol. The zero-order valence-corrected chi connectivity index (χ0v) is 14.7. The monoisotopic (exact) mass is 350 g/mol. The molecule has 0 atom stereocenters. The molecule has 25 heavy (non-hydrogen) atoms. The fourth-order valence-corrected chi connectivity index (χ4v) is 3.64. The second kappa shape index (κ2) is 6.64. The molecule has 3 aromatic heterocycles. The van der Waals surface area contributed by atoms with E-state index >= 15 is 0 Å². The van der Waals surface area contributed by atoms with Gasteiger partial charge in [0.1, 0.15) is 5.65 Å². The Kier molecular flexibility index (Phi) is 4.19. The minimum absolute atomic E-state index is 0.0292. The fraction of sp³-hybridized carbons (Fsp3) is 0.211. The second-order valence-corrected chi connectivity index (χ2v) is 7.05. The number of fused-ring (bicyclic) bond motifs is 1. The van der Waals surface area contributed by atoms with E-state index in [1.54, 1.807) is 29.7 Å². The van der Waals surface area contributed by atoms with Gasteiger partial charge in [-0.2, -0.15) is 0 Å². The van der Waals surface area contributed by atoms with Crippen molar-refractivity contribution in [3.05, 3.63) is 58.3 Å². The number of H-pyrrole nitrogens is 1. The van der Waals surface area contributed by atoms with Crippen LogP contribution in [0.2, 0.25) is 0 Å². The van der Waals surface area contributed by atoms with Crippen LogP contribution >= 0.6 is 11.3 Å². The Morgan fingerprint density at radius 1 is 1.44 bits per heavy atom. The zero-order chi connectivity index (χ0) is 17.2. The molecule has 126 valence electrons. The van der Waals surface area contributed by atoms with Gasteiger partial charge in [0.15, 0.2) is 0 Å². The molecule has 0 aliphatic carbocycles. The molecule has 1 N–H and O–H groups in total. The molecule has 4 rings (SSSR count). The number of carbonyl (C=O) groups excluding carboxylic acids is 1. The first-order chi connectivity index (χ1) is 12.2. The summed E-state index contributed by atoms with van der Waals surface area (Å²) in [7, 11) is 0. The van der Waals surface area contributed by atoms with Crippen LogP contribution in [0.25, 0.3) is 22.7 Å². The van der Waals surface area contributed by atoms with E-state index in [-0.39, 0.29) is 5.91 Å². The Balaban J connectivity index is 1.46. The molecule has 0 saturated carbocycles. The molecule has 0 spiro atoms. The summed E-state index contributed by atoms with van der Waals surface area (Å²) in [5.41, 5.74) is 4.19. The number of hydrogen-bond donors (Lipinski definition) is 1. The number of thiazole rings is 1. The molecule has 1 amide bonds. The minimum Gasteiger partial charge on any atom is -0.346 e. The van der Waals surface area contributed by atoms with Gasteiger partial charge in [-0.1, -0.05) is 6.08 Å². The highest BCUT2D eigenvalue weighted by atomic mass is 32.1. The first kappa shape index (κ1) is 15.8. The van der Waals surface area contributed by atoms with E-state index in [0.29, 0.717) is 6.54 Å². The number of hydrogen-bond acceptors (Lipinski definition) is 4. The molecule has 0 saturated heterocycles. The van der Waals surface area contributed by atoms with Crippen LogP contribution in [0.15, 0.2) is 42.1 Å². The van der Waals surface area contributed by atoms with Gasteiger partial charge in [0, 0.05) is 47.9 Å². The number of carbonyl (C=O) groups is 1. The highest BCUT2D eigenvalue weighted by Crippen LogP contribution is 2.28. The van der Waals surface area contributed by atoms with E-state index in [9.17, 15) is 4.79 Å². The van der Waals surface area contributed by atoms with Gasteiger partial charge in [-0.3, -0.25) is 4.79 Å². The van der Waals surface area contributed by atoms with E-state index in [4.69, 9.17) is 0 Å². The van der Waals surface area contributed by atoms with Gasteiger partial charge in [0.2, 0.25) is 5.91 Å². The lowest BCUT2D eigenvalue weighted by molar-refractivity contribution is -0.125. The molecule has 3 aromatic rings.